The summed E-state index contributed by atoms with van der Waals surface area (Å²) in [4.78, 5) is 23.3. The zero-order chi connectivity index (χ0) is 16.0. The van der Waals surface area contributed by atoms with Crippen LogP contribution in [0.1, 0.15) is 31.1 Å². The van der Waals surface area contributed by atoms with Gasteiger partial charge in [-0.15, -0.1) is 0 Å². The molecule has 1 aromatic rings. The third-order valence-corrected chi connectivity index (χ3v) is 2.72. The quantitative estimate of drug-likeness (QED) is 0.569. The van der Waals surface area contributed by atoms with Crippen molar-refractivity contribution < 1.29 is 14.3 Å². The van der Waals surface area contributed by atoms with E-state index in [1.54, 1.807) is 39.0 Å². The van der Waals surface area contributed by atoms with E-state index >= 15 is 0 Å². The third kappa shape index (κ3) is 6.99. The summed E-state index contributed by atoms with van der Waals surface area (Å²) in [6.45, 7) is 5.93. The molecule has 0 saturated carbocycles. The second kappa shape index (κ2) is 7.31. The molecule has 0 atom stereocenters. The number of alkyl carbamates (subject to hydrolysis) is 1. The number of carbonyl (C=O) groups excluding carboxylic acids is 2. The number of ether oxygens (including phenoxy) is 1. The van der Waals surface area contributed by atoms with Gasteiger partial charge in [0.15, 0.2) is 0 Å². The van der Waals surface area contributed by atoms with Crippen molar-refractivity contribution in [3.8, 4) is 0 Å². The van der Waals surface area contributed by atoms with Crippen molar-refractivity contribution in [1.29, 1.82) is 0 Å². The minimum atomic E-state index is -0.541. The fraction of sp³-hybridized carbons (Fsp3) is 0.429. The Morgan fingerprint density at radius 3 is 2.38 bits per heavy atom. The zero-order valence-electron chi connectivity index (χ0n) is 12.3. The molecule has 0 saturated heterocycles. The highest BCUT2D eigenvalue weighted by molar-refractivity contribution is 9.10. The van der Waals surface area contributed by atoms with E-state index in [-0.39, 0.29) is 12.5 Å². The first kappa shape index (κ1) is 17.3. The van der Waals surface area contributed by atoms with Gasteiger partial charge < -0.3 is 21.1 Å². The first-order valence-electron chi connectivity index (χ1n) is 6.48. The minimum Gasteiger partial charge on any atom is -0.444 e. The molecule has 0 aliphatic rings. The van der Waals surface area contributed by atoms with Gasteiger partial charge in [-0.05, 0) is 39.0 Å². The van der Waals surface area contributed by atoms with Crippen LogP contribution in [0.5, 0.6) is 0 Å². The number of anilines is 1. The second-order valence-electron chi connectivity index (χ2n) is 5.46. The van der Waals surface area contributed by atoms with Crippen LogP contribution in [-0.2, 0) is 4.74 Å². The molecule has 0 spiro atoms. The van der Waals surface area contributed by atoms with Crippen molar-refractivity contribution in [1.82, 2.24) is 10.6 Å². The summed E-state index contributed by atoms with van der Waals surface area (Å²) in [6.07, 6.45) is -0.511. The summed E-state index contributed by atoms with van der Waals surface area (Å²) in [6, 6.07) is 4.97. The predicted octanol–water partition coefficient (Wildman–Crippen LogP) is 2.29. The molecule has 7 heteroatoms. The Kier molecular flexibility index (Phi) is 6.02. The molecule has 1 aromatic carbocycles. The molecule has 2 amide bonds. The molecule has 0 aliphatic heterocycles. The third-order valence-electron chi connectivity index (χ3n) is 2.26. The number of benzene rings is 1. The molecule has 21 heavy (non-hydrogen) atoms. The normalized spacial score (nSPS) is 10.9. The summed E-state index contributed by atoms with van der Waals surface area (Å²) in [5.74, 6) is -0.256. The molecule has 0 unspecified atom stereocenters. The SMILES string of the molecule is CC(C)(C)OC(=O)NCCNC(=O)c1cc(N)cc(Br)c1. The van der Waals surface area contributed by atoms with Gasteiger partial charge in [-0.2, -0.15) is 0 Å². The van der Waals surface area contributed by atoms with Crippen LogP contribution in [0.2, 0.25) is 0 Å². The van der Waals surface area contributed by atoms with Crippen LogP contribution in [0.4, 0.5) is 10.5 Å². The molecule has 0 aliphatic carbocycles. The maximum Gasteiger partial charge on any atom is 0.407 e. The van der Waals surface area contributed by atoms with Crippen LogP contribution >= 0.6 is 15.9 Å². The first-order valence-corrected chi connectivity index (χ1v) is 7.28. The van der Waals surface area contributed by atoms with E-state index in [2.05, 4.69) is 26.6 Å². The highest BCUT2D eigenvalue weighted by Crippen LogP contribution is 2.17. The van der Waals surface area contributed by atoms with Crippen molar-refractivity contribution in [2.45, 2.75) is 26.4 Å². The van der Waals surface area contributed by atoms with Crippen molar-refractivity contribution in [3.05, 3.63) is 28.2 Å². The lowest BCUT2D eigenvalue weighted by molar-refractivity contribution is 0.0526. The fourth-order valence-electron chi connectivity index (χ4n) is 1.50. The topological polar surface area (TPSA) is 93.5 Å². The van der Waals surface area contributed by atoms with Crippen LogP contribution in [0.25, 0.3) is 0 Å². The molecule has 0 aromatic heterocycles. The smallest absolute Gasteiger partial charge is 0.407 e. The van der Waals surface area contributed by atoms with E-state index in [1.165, 1.54) is 0 Å². The van der Waals surface area contributed by atoms with E-state index in [9.17, 15) is 9.59 Å². The van der Waals surface area contributed by atoms with Crippen molar-refractivity contribution >= 4 is 33.6 Å². The van der Waals surface area contributed by atoms with E-state index < -0.39 is 11.7 Å². The first-order chi connectivity index (χ1) is 9.67. The van der Waals surface area contributed by atoms with Crippen molar-refractivity contribution in [2.75, 3.05) is 18.8 Å². The number of amides is 2. The van der Waals surface area contributed by atoms with Gasteiger partial charge in [0, 0.05) is 28.8 Å². The van der Waals surface area contributed by atoms with Crippen LogP contribution in [0.15, 0.2) is 22.7 Å². The highest BCUT2D eigenvalue weighted by atomic mass is 79.9. The number of hydrogen-bond donors (Lipinski definition) is 3. The Morgan fingerprint density at radius 2 is 1.81 bits per heavy atom. The number of rotatable bonds is 4. The molecule has 0 bridgehead atoms. The van der Waals surface area contributed by atoms with Gasteiger partial charge in [0.05, 0.1) is 0 Å². The predicted molar refractivity (Wildman–Crippen MR) is 85.1 cm³/mol. The summed E-state index contributed by atoms with van der Waals surface area (Å²) in [5.41, 5.74) is 6.09. The number of halogens is 1. The lowest BCUT2D eigenvalue weighted by atomic mass is 10.2. The van der Waals surface area contributed by atoms with E-state index in [1.807, 2.05) is 0 Å². The fourth-order valence-corrected chi connectivity index (χ4v) is 2.01. The molecule has 0 fully saturated rings. The number of nitrogens with one attached hydrogen (secondary N) is 2. The van der Waals surface area contributed by atoms with Crippen LogP contribution < -0.4 is 16.4 Å². The van der Waals surface area contributed by atoms with Crippen LogP contribution in [0.3, 0.4) is 0 Å². The van der Waals surface area contributed by atoms with Crippen LogP contribution in [0, 0.1) is 0 Å². The molecule has 1 rings (SSSR count). The lowest BCUT2D eigenvalue weighted by Gasteiger charge is -2.19. The molecule has 0 radical (unpaired) electrons. The summed E-state index contributed by atoms with van der Waals surface area (Å²) in [5, 5.41) is 5.24. The molecule has 4 N–H and O–H groups in total. The Morgan fingerprint density at radius 1 is 1.19 bits per heavy atom. The van der Waals surface area contributed by atoms with Gasteiger partial charge in [0.2, 0.25) is 0 Å². The number of carbonyl (C=O) groups is 2. The average Bonchev–Trinajstić information content (AvgIpc) is 2.31. The highest BCUT2D eigenvalue weighted by Gasteiger charge is 2.15. The monoisotopic (exact) mass is 357 g/mol. The molecule has 0 heterocycles. The van der Waals surface area contributed by atoms with Crippen molar-refractivity contribution in [2.24, 2.45) is 0 Å². The van der Waals surface area contributed by atoms with E-state index in [0.29, 0.717) is 17.8 Å². The summed E-state index contributed by atoms with van der Waals surface area (Å²) in [7, 11) is 0. The summed E-state index contributed by atoms with van der Waals surface area (Å²) < 4.78 is 5.81. The molecular formula is C14H20BrN3O3. The van der Waals surface area contributed by atoms with Gasteiger partial charge in [-0.25, -0.2) is 4.79 Å². The van der Waals surface area contributed by atoms with Gasteiger partial charge in [-0.3, -0.25) is 4.79 Å². The Balaban J connectivity index is 2.36. The lowest BCUT2D eigenvalue weighted by Crippen LogP contribution is -2.37. The van der Waals surface area contributed by atoms with Crippen LogP contribution in [-0.4, -0.2) is 30.7 Å². The van der Waals surface area contributed by atoms with Gasteiger partial charge in [0.1, 0.15) is 5.60 Å². The Labute approximate surface area is 132 Å². The molecular weight excluding hydrogens is 338 g/mol. The maximum absolute atomic E-state index is 11.9. The molecule has 6 nitrogen and oxygen atoms in total. The standard InChI is InChI=1S/C14H20BrN3O3/c1-14(2,3)21-13(20)18-5-4-17-12(19)9-6-10(15)8-11(16)7-9/h6-8H,4-5,16H2,1-3H3,(H,17,19)(H,18,20). The van der Waals surface area contributed by atoms with Gasteiger partial charge in [-0.1, -0.05) is 15.9 Å². The van der Waals surface area contributed by atoms with Gasteiger partial charge in [0.25, 0.3) is 5.91 Å². The van der Waals surface area contributed by atoms with Crippen molar-refractivity contribution in [3.63, 3.8) is 0 Å². The largest absolute Gasteiger partial charge is 0.444 e. The van der Waals surface area contributed by atoms with Gasteiger partial charge >= 0.3 is 6.09 Å². The number of hydrogen-bond acceptors (Lipinski definition) is 4. The number of nitrogen functional groups attached to an aromatic ring is 1. The number of nitrogens with two attached hydrogens (primary N) is 1. The summed E-state index contributed by atoms with van der Waals surface area (Å²) >= 11 is 3.28. The van der Waals surface area contributed by atoms with E-state index in [4.69, 9.17) is 10.5 Å². The van der Waals surface area contributed by atoms with E-state index in [0.717, 1.165) is 4.47 Å². The Hall–Kier alpha value is -1.76. The Bertz CT molecular complexity index is 506. The average molecular weight is 358 g/mol. The second-order valence-corrected chi connectivity index (χ2v) is 6.37. The maximum atomic E-state index is 11.9. The zero-order valence-corrected chi connectivity index (χ0v) is 13.9. The minimum absolute atomic E-state index is 0.256. The molecule has 116 valence electrons.